The second-order valence-corrected chi connectivity index (χ2v) is 5.09. The fourth-order valence-electron chi connectivity index (χ4n) is 2.10. The smallest absolute Gasteiger partial charge is 0.224 e. The molecule has 0 bridgehead atoms. The monoisotopic (exact) mass is 282 g/mol. The lowest BCUT2D eigenvalue weighted by molar-refractivity contribution is 0.327. The summed E-state index contributed by atoms with van der Waals surface area (Å²) in [4.78, 5) is 0. The van der Waals surface area contributed by atoms with Crippen molar-refractivity contribution in [3.63, 3.8) is 0 Å². The number of benzene rings is 1. The molecule has 0 spiro atoms. The maximum atomic E-state index is 5.52. The van der Waals surface area contributed by atoms with Crippen LogP contribution in [0.2, 0.25) is 0 Å². The predicted octanol–water partition coefficient (Wildman–Crippen LogP) is 2.63. The van der Waals surface area contributed by atoms with Crippen LogP contribution in [0.15, 0.2) is 30.6 Å². The molecule has 1 N–H and O–H groups in total. The van der Waals surface area contributed by atoms with Gasteiger partial charge in [0.05, 0.1) is 6.61 Å². The van der Waals surface area contributed by atoms with Gasteiger partial charge >= 0.3 is 0 Å². The van der Waals surface area contributed by atoms with Crippen molar-refractivity contribution < 1.29 is 4.74 Å². The van der Waals surface area contributed by atoms with Crippen LogP contribution in [0.5, 0.6) is 5.75 Å². The van der Waals surface area contributed by atoms with E-state index >= 15 is 0 Å². The molecule has 0 radical (unpaired) electrons. The summed E-state index contributed by atoms with van der Waals surface area (Å²) >= 11 is 0. The number of nitrogens with one attached hydrogen (secondary N) is 1. The summed E-state index contributed by atoms with van der Waals surface area (Å²) < 4.78 is 7.63. The second kappa shape index (κ2) is 6.31. The van der Waals surface area contributed by atoms with Gasteiger partial charge in [0.25, 0.3) is 0 Å². The minimum absolute atomic E-state index is 0.554. The van der Waals surface area contributed by atoms with E-state index in [1.807, 2.05) is 24.3 Å². The SMILES string of the molecule is C#CCCOc1ccc(CNc2nncn2C2CC2)cc1. The van der Waals surface area contributed by atoms with Gasteiger partial charge in [0.2, 0.25) is 5.95 Å². The van der Waals surface area contributed by atoms with E-state index in [-0.39, 0.29) is 0 Å². The van der Waals surface area contributed by atoms with Crippen molar-refractivity contribution in [3.8, 4) is 18.1 Å². The van der Waals surface area contributed by atoms with E-state index in [0.29, 0.717) is 19.1 Å². The molecule has 1 aromatic heterocycles. The summed E-state index contributed by atoms with van der Waals surface area (Å²) in [6.45, 7) is 1.27. The van der Waals surface area contributed by atoms with Crippen LogP contribution in [0.25, 0.3) is 0 Å². The zero-order chi connectivity index (χ0) is 14.5. The Hall–Kier alpha value is -2.48. The maximum absolute atomic E-state index is 5.52. The number of nitrogens with zero attached hydrogens (tertiary/aromatic N) is 3. The first-order chi connectivity index (χ1) is 10.4. The van der Waals surface area contributed by atoms with Crippen LogP contribution >= 0.6 is 0 Å². The number of aromatic nitrogens is 3. The number of rotatable bonds is 7. The van der Waals surface area contributed by atoms with Gasteiger partial charge in [-0.15, -0.1) is 22.5 Å². The topological polar surface area (TPSA) is 52.0 Å². The molecule has 0 unspecified atom stereocenters. The molecular formula is C16H18N4O. The van der Waals surface area contributed by atoms with E-state index in [1.54, 1.807) is 6.33 Å². The van der Waals surface area contributed by atoms with Gasteiger partial charge in [0.1, 0.15) is 12.1 Å². The Morgan fingerprint density at radius 2 is 2.14 bits per heavy atom. The highest BCUT2D eigenvalue weighted by molar-refractivity contribution is 5.32. The lowest BCUT2D eigenvalue weighted by atomic mass is 10.2. The molecule has 1 saturated carbocycles. The molecule has 1 aliphatic carbocycles. The van der Waals surface area contributed by atoms with Crippen LogP contribution in [0.4, 0.5) is 5.95 Å². The summed E-state index contributed by atoms with van der Waals surface area (Å²) in [5.41, 5.74) is 1.17. The van der Waals surface area contributed by atoms with Crippen molar-refractivity contribution in [1.82, 2.24) is 14.8 Å². The van der Waals surface area contributed by atoms with Crippen molar-refractivity contribution >= 4 is 5.95 Å². The Morgan fingerprint density at radius 1 is 1.33 bits per heavy atom. The van der Waals surface area contributed by atoms with Crippen molar-refractivity contribution in [2.75, 3.05) is 11.9 Å². The van der Waals surface area contributed by atoms with Gasteiger partial charge in [-0.05, 0) is 30.5 Å². The van der Waals surface area contributed by atoms with Crippen LogP contribution in [0.1, 0.15) is 30.9 Å². The lowest BCUT2D eigenvalue weighted by Gasteiger charge is -2.08. The largest absolute Gasteiger partial charge is 0.493 e. The van der Waals surface area contributed by atoms with Gasteiger partial charge in [0.15, 0.2) is 0 Å². The molecule has 1 aromatic carbocycles. The Bertz CT molecular complexity index is 622. The molecule has 2 aromatic rings. The molecule has 21 heavy (non-hydrogen) atoms. The lowest BCUT2D eigenvalue weighted by Crippen LogP contribution is -2.06. The van der Waals surface area contributed by atoms with E-state index in [4.69, 9.17) is 11.2 Å². The molecule has 1 fully saturated rings. The predicted molar refractivity (Wildman–Crippen MR) is 81.0 cm³/mol. The minimum Gasteiger partial charge on any atom is -0.493 e. The summed E-state index contributed by atoms with van der Waals surface area (Å²) in [6.07, 6.45) is 10.0. The van der Waals surface area contributed by atoms with E-state index in [2.05, 4.69) is 26.0 Å². The number of anilines is 1. The Balaban J connectivity index is 1.53. The molecule has 0 amide bonds. The molecule has 0 aliphatic heterocycles. The van der Waals surface area contributed by atoms with E-state index in [1.165, 1.54) is 18.4 Å². The molecular weight excluding hydrogens is 264 g/mol. The van der Waals surface area contributed by atoms with Crippen LogP contribution < -0.4 is 10.1 Å². The van der Waals surface area contributed by atoms with Crippen molar-refractivity contribution in [3.05, 3.63) is 36.2 Å². The van der Waals surface area contributed by atoms with Gasteiger partial charge < -0.3 is 10.1 Å². The summed E-state index contributed by atoms with van der Waals surface area (Å²) in [7, 11) is 0. The van der Waals surface area contributed by atoms with Crippen molar-refractivity contribution in [2.45, 2.75) is 31.8 Å². The zero-order valence-electron chi connectivity index (χ0n) is 11.8. The van der Waals surface area contributed by atoms with Crippen LogP contribution in [0, 0.1) is 12.3 Å². The van der Waals surface area contributed by atoms with Gasteiger partial charge in [0, 0.05) is 19.0 Å². The first kappa shape index (κ1) is 13.5. The minimum atomic E-state index is 0.554. The van der Waals surface area contributed by atoms with Crippen molar-refractivity contribution in [2.24, 2.45) is 0 Å². The summed E-state index contributed by atoms with van der Waals surface area (Å²) in [6, 6.07) is 8.57. The van der Waals surface area contributed by atoms with Crippen LogP contribution in [0.3, 0.4) is 0 Å². The zero-order valence-corrected chi connectivity index (χ0v) is 11.8. The van der Waals surface area contributed by atoms with Crippen LogP contribution in [-0.2, 0) is 6.54 Å². The maximum Gasteiger partial charge on any atom is 0.224 e. The average molecular weight is 282 g/mol. The van der Waals surface area contributed by atoms with Crippen molar-refractivity contribution in [1.29, 1.82) is 0 Å². The Morgan fingerprint density at radius 3 is 2.86 bits per heavy atom. The Kier molecular flexibility index (Phi) is 4.06. The molecule has 0 atom stereocenters. The molecule has 1 heterocycles. The summed E-state index contributed by atoms with van der Waals surface area (Å²) in [5, 5.41) is 11.4. The fraction of sp³-hybridized carbons (Fsp3) is 0.375. The van der Waals surface area contributed by atoms with Gasteiger partial charge in [-0.2, -0.15) is 0 Å². The standard InChI is InChI=1S/C16H18N4O/c1-2-3-10-21-15-8-4-13(5-9-15)11-17-16-19-18-12-20(16)14-6-7-14/h1,4-5,8-9,12,14H,3,6-7,10-11H2,(H,17,19). The normalized spacial score (nSPS) is 13.7. The first-order valence-corrected chi connectivity index (χ1v) is 7.15. The number of terminal acetylenes is 1. The quantitative estimate of drug-likeness (QED) is 0.626. The average Bonchev–Trinajstić information content (AvgIpc) is 3.25. The highest BCUT2D eigenvalue weighted by Crippen LogP contribution is 2.36. The third kappa shape index (κ3) is 3.54. The molecule has 5 heteroatoms. The fourth-order valence-corrected chi connectivity index (χ4v) is 2.10. The van der Waals surface area contributed by atoms with Gasteiger partial charge in [-0.1, -0.05) is 12.1 Å². The third-order valence-corrected chi connectivity index (χ3v) is 3.40. The molecule has 108 valence electrons. The third-order valence-electron chi connectivity index (χ3n) is 3.40. The second-order valence-electron chi connectivity index (χ2n) is 5.09. The molecule has 0 saturated heterocycles. The van der Waals surface area contributed by atoms with E-state index in [9.17, 15) is 0 Å². The van der Waals surface area contributed by atoms with Crippen LogP contribution in [-0.4, -0.2) is 21.4 Å². The number of ether oxygens (including phenoxy) is 1. The number of hydrogen-bond donors (Lipinski definition) is 1. The van der Waals surface area contributed by atoms with Gasteiger partial charge in [-0.3, -0.25) is 4.57 Å². The highest BCUT2D eigenvalue weighted by atomic mass is 16.5. The van der Waals surface area contributed by atoms with Gasteiger partial charge in [-0.25, -0.2) is 0 Å². The number of hydrogen-bond acceptors (Lipinski definition) is 4. The first-order valence-electron chi connectivity index (χ1n) is 7.15. The summed E-state index contributed by atoms with van der Waals surface area (Å²) in [5.74, 6) is 4.24. The highest BCUT2D eigenvalue weighted by Gasteiger charge is 2.25. The van der Waals surface area contributed by atoms with E-state index in [0.717, 1.165) is 18.2 Å². The molecule has 5 nitrogen and oxygen atoms in total. The van der Waals surface area contributed by atoms with E-state index < -0.39 is 0 Å². The Labute approximate surface area is 124 Å². The molecule has 1 aliphatic rings. The molecule has 3 rings (SSSR count).